The molecule has 4 rings (SSSR count). The number of fused-ring (bicyclic) bond motifs is 3. The second kappa shape index (κ2) is 7.24. The van der Waals surface area contributed by atoms with Crippen molar-refractivity contribution in [3.8, 4) is 0 Å². The normalized spacial score (nSPS) is 28.6. The number of carboxylic acid groups (broad SMARTS) is 1. The van der Waals surface area contributed by atoms with E-state index in [-0.39, 0.29) is 18.6 Å². The van der Waals surface area contributed by atoms with Gasteiger partial charge in [-0.15, -0.1) is 11.3 Å². The lowest BCUT2D eigenvalue weighted by Gasteiger charge is -2.23. The van der Waals surface area contributed by atoms with E-state index in [0.29, 0.717) is 23.4 Å². The third-order valence-corrected chi connectivity index (χ3v) is 6.96. The van der Waals surface area contributed by atoms with Gasteiger partial charge in [-0.1, -0.05) is 0 Å². The number of aliphatic carboxylic acids is 1. The van der Waals surface area contributed by atoms with E-state index < -0.39 is 29.9 Å². The van der Waals surface area contributed by atoms with Crippen LogP contribution in [0.15, 0.2) is 0 Å². The van der Waals surface area contributed by atoms with Crippen molar-refractivity contribution < 1.29 is 29.0 Å². The molecule has 1 aliphatic carbocycles. The maximum absolute atomic E-state index is 13.0. The van der Waals surface area contributed by atoms with Crippen molar-refractivity contribution in [1.29, 1.82) is 0 Å². The molecule has 0 saturated carbocycles. The average Bonchev–Trinajstić information content (AvgIpc) is 3.33. The summed E-state index contributed by atoms with van der Waals surface area (Å²) in [7, 11) is 0. The fraction of sp³-hybridized carbons (Fsp3) is 0.632. The summed E-state index contributed by atoms with van der Waals surface area (Å²) in [6.07, 6.45) is 4.35. The molecular weight excluding hydrogens is 370 g/mol. The molecule has 2 N–H and O–H groups in total. The van der Waals surface area contributed by atoms with E-state index in [0.717, 1.165) is 36.1 Å². The van der Waals surface area contributed by atoms with Crippen LogP contribution in [0.5, 0.6) is 0 Å². The summed E-state index contributed by atoms with van der Waals surface area (Å²) in [4.78, 5) is 38.2. The second-order valence-electron chi connectivity index (χ2n) is 7.30. The first-order chi connectivity index (χ1) is 13.0. The monoisotopic (exact) mass is 393 g/mol. The molecule has 2 saturated heterocycles. The molecule has 2 fully saturated rings. The van der Waals surface area contributed by atoms with E-state index in [9.17, 15) is 19.5 Å². The molecule has 1 aromatic rings. The maximum Gasteiger partial charge on any atom is 0.341 e. The van der Waals surface area contributed by atoms with Gasteiger partial charge in [0.2, 0.25) is 5.91 Å². The lowest BCUT2D eigenvalue weighted by molar-refractivity contribution is -0.147. The van der Waals surface area contributed by atoms with Gasteiger partial charge in [-0.05, 0) is 51.0 Å². The fourth-order valence-electron chi connectivity index (χ4n) is 4.59. The quantitative estimate of drug-likeness (QED) is 0.746. The maximum atomic E-state index is 13.0. The van der Waals surface area contributed by atoms with Gasteiger partial charge in [0.05, 0.1) is 36.2 Å². The third-order valence-electron chi connectivity index (χ3n) is 5.75. The Morgan fingerprint density at radius 3 is 2.59 bits per heavy atom. The molecular formula is C19H23NO6S. The summed E-state index contributed by atoms with van der Waals surface area (Å²) in [5, 5.41) is 12.9. The van der Waals surface area contributed by atoms with E-state index in [1.165, 1.54) is 11.3 Å². The molecule has 8 heteroatoms. The van der Waals surface area contributed by atoms with Gasteiger partial charge in [0.1, 0.15) is 5.00 Å². The van der Waals surface area contributed by atoms with E-state index in [1.807, 2.05) is 0 Å². The van der Waals surface area contributed by atoms with Gasteiger partial charge in [0.25, 0.3) is 0 Å². The van der Waals surface area contributed by atoms with Crippen LogP contribution in [0.4, 0.5) is 5.00 Å². The highest BCUT2D eigenvalue weighted by Crippen LogP contribution is 2.45. The van der Waals surface area contributed by atoms with Crippen molar-refractivity contribution in [3.63, 3.8) is 0 Å². The second-order valence-corrected chi connectivity index (χ2v) is 8.41. The smallest absolute Gasteiger partial charge is 0.341 e. The van der Waals surface area contributed by atoms with Crippen LogP contribution in [0.25, 0.3) is 0 Å². The van der Waals surface area contributed by atoms with Crippen LogP contribution in [0.1, 0.15) is 53.4 Å². The number of carbonyl (C=O) groups excluding carboxylic acids is 2. The van der Waals surface area contributed by atoms with Crippen LogP contribution in [-0.2, 0) is 31.9 Å². The van der Waals surface area contributed by atoms with Gasteiger partial charge in [0.15, 0.2) is 0 Å². The standard InChI is InChI=1S/C19H23NO6S/c1-2-25-19(24)13-9-5-3-4-6-12(9)27-17(13)20-16(21)14-10-7-8-11(26-10)15(14)18(22)23/h10-11,14-15H,2-8H2,1H3,(H,20,21)(H,22,23)/t10-,11-,14-,15+/m1/s1. The van der Waals surface area contributed by atoms with E-state index in [4.69, 9.17) is 9.47 Å². The fourth-order valence-corrected chi connectivity index (χ4v) is 5.87. The first kappa shape index (κ1) is 18.4. The van der Waals surface area contributed by atoms with Gasteiger partial charge in [-0.2, -0.15) is 0 Å². The van der Waals surface area contributed by atoms with E-state index in [2.05, 4.69) is 5.32 Å². The molecule has 1 aromatic heterocycles. The number of carboxylic acids is 1. The predicted molar refractivity (Wildman–Crippen MR) is 98.1 cm³/mol. The van der Waals surface area contributed by atoms with Crippen LogP contribution < -0.4 is 5.32 Å². The molecule has 0 unspecified atom stereocenters. The Morgan fingerprint density at radius 2 is 1.89 bits per heavy atom. The molecule has 2 aliphatic heterocycles. The van der Waals surface area contributed by atoms with E-state index in [1.54, 1.807) is 6.92 Å². The molecule has 0 spiro atoms. The number of amides is 1. The van der Waals surface area contributed by atoms with Crippen molar-refractivity contribution in [1.82, 2.24) is 0 Å². The van der Waals surface area contributed by atoms with Crippen LogP contribution in [0.3, 0.4) is 0 Å². The Balaban J connectivity index is 1.62. The highest BCUT2D eigenvalue weighted by atomic mass is 32.1. The topological polar surface area (TPSA) is 102 Å². The lowest BCUT2D eigenvalue weighted by Crippen LogP contribution is -2.41. The molecule has 2 bridgehead atoms. The number of anilines is 1. The zero-order valence-corrected chi connectivity index (χ0v) is 16.0. The summed E-state index contributed by atoms with van der Waals surface area (Å²) in [6, 6.07) is 0. The summed E-state index contributed by atoms with van der Waals surface area (Å²) >= 11 is 1.41. The number of esters is 1. The highest BCUT2D eigenvalue weighted by molar-refractivity contribution is 7.17. The number of ether oxygens (including phenoxy) is 2. The molecule has 7 nitrogen and oxygen atoms in total. The van der Waals surface area contributed by atoms with Crippen molar-refractivity contribution in [2.24, 2.45) is 11.8 Å². The van der Waals surface area contributed by atoms with Gasteiger partial charge in [0, 0.05) is 4.88 Å². The number of rotatable bonds is 5. The van der Waals surface area contributed by atoms with Crippen LogP contribution >= 0.6 is 11.3 Å². The van der Waals surface area contributed by atoms with Gasteiger partial charge in [-0.25, -0.2) is 4.79 Å². The Kier molecular flexibility index (Phi) is 4.94. The highest BCUT2D eigenvalue weighted by Gasteiger charge is 2.55. The largest absolute Gasteiger partial charge is 0.481 e. The summed E-state index contributed by atoms with van der Waals surface area (Å²) in [5.74, 6) is -3.36. The van der Waals surface area contributed by atoms with Crippen molar-refractivity contribution in [3.05, 3.63) is 16.0 Å². The summed E-state index contributed by atoms with van der Waals surface area (Å²) in [6.45, 7) is 2.01. The van der Waals surface area contributed by atoms with Gasteiger partial charge < -0.3 is 19.9 Å². The number of nitrogens with one attached hydrogen (secondary N) is 1. The first-order valence-corrected chi connectivity index (χ1v) is 10.3. The minimum atomic E-state index is -1.00. The Bertz CT molecular complexity index is 787. The van der Waals surface area contributed by atoms with Crippen LogP contribution in [0.2, 0.25) is 0 Å². The van der Waals surface area contributed by atoms with Crippen LogP contribution in [-0.4, -0.2) is 41.8 Å². The summed E-state index contributed by atoms with van der Waals surface area (Å²) in [5.41, 5.74) is 1.42. The van der Waals surface area contributed by atoms with Gasteiger partial charge in [-0.3, -0.25) is 9.59 Å². The minimum Gasteiger partial charge on any atom is -0.481 e. The van der Waals surface area contributed by atoms with E-state index >= 15 is 0 Å². The number of carbonyl (C=O) groups is 3. The molecule has 3 aliphatic rings. The Hall–Kier alpha value is -1.93. The number of hydrogen-bond acceptors (Lipinski definition) is 6. The first-order valence-electron chi connectivity index (χ1n) is 9.52. The Labute approximate surface area is 161 Å². The molecule has 4 atom stereocenters. The summed E-state index contributed by atoms with van der Waals surface area (Å²) < 4.78 is 10.9. The molecule has 0 aromatic carbocycles. The predicted octanol–water partition coefficient (Wildman–Crippen LogP) is 2.62. The minimum absolute atomic E-state index is 0.262. The SMILES string of the molecule is CCOC(=O)c1c(NC(=O)[C@H]2[C@@H](C(=O)O)[C@H]3CC[C@H]2O3)sc2c1CCCC2. The number of aryl methyl sites for hydroxylation is 1. The number of hydrogen-bond donors (Lipinski definition) is 2. The average molecular weight is 393 g/mol. The van der Waals surface area contributed by atoms with Crippen LogP contribution in [0, 0.1) is 11.8 Å². The lowest BCUT2D eigenvalue weighted by atomic mass is 9.78. The molecule has 0 radical (unpaired) electrons. The molecule has 3 heterocycles. The van der Waals surface area contributed by atoms with Crippen molar-refractivity contribution in [2.45, 2.75) is 57.7 Å². The molecule has 1 amide bonds. The number of thiophene rings is 1. The zero-order valence-electron chi connectivity index (χ0n) is 15.2. The molecule has 146 valence electrons. The Morgan fingerprint density at radius 1 is 1.19 bits per heavy atom. The van der Waals surface area contributed by atoms with Crippen molar-refractivity contribution >= 4 is 34.2 Å². The third kappa shape index (κ3) is 3.14. The van der Waals surface area contributed by atoms with Crippen molar-refractivity contribution in [2.75, 3.05) is 11.9 Å². The molecule has 27 heavy (non-hydrogen) atoms. The van der Waals surface area contributed by atoms with Gasteiger partial charge >= 0.3 is 11.9 Å². The zero-order chi connectivity index (χ0) is 19.1.